The number of carbonyl (C=O) groups is 1. The molecular weight excluding hydrogens is 256 g/mol. The van der Waals surface area contributed by atoms with E-state index in [9.17, 15) is 4.79 Å². The van der Waals surface area contributed by atoms with Crippen molar-refractivity contribution in [2.75, 3.05) is 14.2 Å². The predicted molar refractivity (Wildman–Crippen MR) is 76.6 cm³/mol. The summed E-state index contributed by atoms with van der Waals surface area (Å²) in [6, 6.07) is 5.44. The maximum absolute atomic E-state index is 11.9. The largest absolute Gasteiger partial charge is 0.496 e. The molecule has 1 saturated carbocycles. The van der Waals surface area contributed by atoms with Crippen LogP contribution in [0.5, 0.6) is 17.2 Å². The number of hydrogen-bond donors (Lipinski definition) is 0. The minimum atomic E-state index is -0.323. The molecule has 1 aliphatic rings. The molecule has 1 fully saturated rings. The summed E-state index contributed by atoms with van der Waals surface area (Å²) in [5.41, 5.74) is -0.323. The Morgan fingerprint density at radius 2 is 1.55 bits per heavy atom. The number of carbonyl (C=O) groups excluding carboxylic acids is 1. The number of ketones is 1. The van der Waals surface area contributed by atoms with E-state index in [1.807, 2.05) is 26.0 Å². The Hall–Kier alpha value is -1.71. The van der Waals surface area contributed by atoms with Crippen molar-refractivity contribution >= 4 is 5.78 Å². The molecule has 1 aromatic carbocycles. The summed E-state index contributed by atoms with van der Waals surface area (Å²) in [6.07, 6.45) is 2.06. The van der Waals surface area contributed by atoms with E-state index in [4.69, 9.17) is 14.2 Å². The van der Waals surface area contributed by atoms with Gasteiger partial charge in [-0.1, -0.05) is 13.8 Å². The van der Waals surface area contributed by atoms with Crippen molar-refractivity contribution in [3.05, 3.63) is 18.2 Å². The summed E-state index contributed by atoms with van der Waals surface area (Å²) in [4.78, 5) is 11.9. The molecule has 110 valence electrons. The van der Waals surface area contributed by atoms with Crippen LogP contribution in [-0.2, 0) is 4.79 Å². The fourth-order valence-corrected chi connectivity index (χ4v) is 2.88. The Morgan fingerprint density at radius 3 is 1.95 bits per heavy atom. The number of rotatable bonds is 6. The van der Waals surface area contributed by atoms with Gasteiger partial charge >= 0.3 is 0 Å². The lowest BCUT2D eigenvalue weighted by Gasteiger charge is -2.46. The van der Waals surface area contributed by atoms with Gasteiger partial charge in [-0.05, 0) is 12.8 Å². The molecule has 0 radical (unpaired) electrons. The van der Waals surface area contributed by atoms with Crippen LogP contribution in [0.2, 0.25) is 0 Å². The maximum atomic E-state index is 11.9. The topological polar surface area (TPSA) is 44.8 Å². The highest BCUT2D eigenvalue weighted by atomic mass is 16.5. The highest BCUT2D eigenvalue weighted by Crippen LogP contribution is 2.46. The first-order valence-electron chi connectivity index (χ1n) is 7.02. The van der Waals surface area contributed by atoms with Crippen LogP contribution < -0.4 is 14.2 Å². The molecule has 1 atom stereocenters. The number of benzene rings is 1. The van der Waals surface area contributed by atoms with Crippen LogP contribution in [0.3, 0.4) is 0 Å². The molecule has 4 nitrogen and oxygen atoms in total. The summed E-state index contributed by atoms with van der Waals surface area (Å²) < 4.78 is 16.5. The lowest BCUT2D eigenvalue weighted by Crippen LogP contribution is -2.56. The maximum Gasteiger partial charge on any atom is 0.146 e. The third kappa shape index (κ3) is 2.35. The highest BCUT2D eigenvalue weighted by molar-refractivity contribution is 5.92. The summed E-state index contributed by atoms with van der Waals surface area (Å²) in [6.45, 7) is 4.09. The number of Topliss-reactive ketones (excluding diaryl/α,β-unsaturated/α-hetero) is 1. The molecule has 1 unspecified atom stereocenters. The monoisotopic (exact) mass is 278 g/mol. The summed E-state index contributed by atoms with van der Waals surface area (Å²) in [5.74, 6) is 2.36. The first-order valence-corrected chi connectivity index (χ1v) is 7.02. The van der Waals surface area contributed by atoms with E-state index in [0.717, 1.165) is 12.8 Å². The number of ether oxygens (including phenoxy) is 3. The van der Waals surface area contributed by atoms with E-state index in [0.29, 0.717) is 29.5 Å². The summed E-state index contributed by atoms with van der Waals surface area (Å²) >= 11 is 0. The molecule has 0 aromatic heterocycles. The molecule has 0 aliphatic heterocycles. The van der Waals surface area contributed by atoms with Crippen LogP contribution in [-0.4, -0.2) is 26.1 Å². The second-order valence-corrected chi connectivity index (χ2v) is 5.15. The molecule has 1 aliphatic carbocycles. The van der Waals surface area contributed by atoms with E-state index in [1.165, 1.54) is 0 Å². The van der Waals surface area contributed by atoms with E-state index < -0.39 is 0 Å². The molecule has 0 spiro atoms. The molecule has 0 bridgehead atoms. The molecule has 0 amide bonds. The Balaban J connectivity index is 2.20. The number of hydrogen-bond acceptors (Lipinski definition) is 4. The van der Waals surface area contributed by atoms with Gasteiger partial charge in [0.1, 0.15) is 29.1 Å². The third-order valence-corrected chi connectivity index (χ3v) is 4.41. The average molecular weight is 278 g/mol. The molecule has 2 rings (SSSR count). The average Bonchev–Trinajstić information content (AvgIpc) is 2.47. The second-order valence-electron chi connectivity index (χ2n) is 5.15. The van der Waals surface area contributed by atoms with Crippen LogP contribution >= 0.6 is 0 Å². The summed E-state index contributed by atoms with van der Waals surface area (Å²) in [5, 5.41) is 0. The Bertz CT molecular complexity index is 469. The summed E-state index contributed by atoms with van der Waals surface area (Å²) in [7, 11) is 3.21. The second kappa shape index (κ2) is 5.73. The highest BCUT2D eigenvalue weighted by Gasteiger charge is 2.53. The van der Waals surface area contributed by atoms with Crippen molar-refractivity contribution in [3.63, 3.8) is 0 Å². The van der Waals surface area contributed by atoms with Crippen LogP contribution in [0, 0.1) is 5.41 Å². The Morgan fingerprint density at radius 1 is 1.05 bits per heavy atom. The zero-order valence-electron chi connectivity index (χ0n) is 12.6. The van der Waals surface area contributed by atoms with Gasteiger partial charge in [0.05, 0.1) is 19.6 Å². The smallest absolute Gasteiger partial charge is 0.146 e. The molecule has 1 aromatic rings. The molecule has 0 saturated heterocycles. The van der Waals surface area contributed by atoms with Gasteiger partial charge in [0, 0.05) is 24.6 Å². The van der Waals surface area contributed by atoms with Crippen molar-refractivity contribution < 1.29 is 19.0 Å². The first-order chi connectivity index (χ1) is 9.59. The van der Waals surface area contributed by atoms with Crippen molar-refractivity contribution in [1.29, 1.82) is 0 Å². The van der Waals surface area contributed by atoms with E-state index in [2.05, 4.69) is 0 Å². The molecule has 4 heteroatoms. The van der Waals surface area contributed by atoms with E-state index >= 15 is 0 Å². The van der Waals surface area contributed by atoms with Gasteiger partial charge in [-0.25, -0.2) is 0 Å². The molecular formula is C16H22O4. The Labute approximate surface area is 120 Å². The minimum Gasteiger partial charge on any atom is -0.496 e. The normalized spacial score (nSPS) is 20.2. The van der Waals surface area contributed by atoms with Crippen LogP contribution in [0.4, 0.5) is 0 Å². The van der Waals surface area contributed by atoms with Gasteiger partial charge in [-0.2, -0.15) is 0 Å². The van der Waals surface area contributed by atoms with Crippen molar-refractivity contribution in [1.82, 2.24) is 0 Å². The third-order valence-electron chi connectivity index (χ3n) is 4.41. The zero-order valence-corrected chi connectivity index (χ0v) is 12.6. The van der Waals surface area contributed by atoms with Gasteiger partial charge in [0.2, 0.25) is 0 Å². The molecule has 0 N–H and O–H groups in total. The van der Waals surface area contributed by atoms with Gasteiger partial charge in [-0.3, -0.25) is 4.79 Å². The molecule has 0 heterocycles. The fraction of sp³-hybridized carbons (Fsp3) is 0.562. The van der Waals surface area contributed by atoms with Crippen LogP contribution in [0.25, 0.3) is 0 Å². The Kier molecular flexibility index (Phi) is 4.21. The quantitative estimate of drug-likeness (QED) is 0.801. The minimum absolute atomic E-state index is 0.0539. The van der Waals surface area contributed by atoms with E-state index in [1.54, 1.807) is 20.3 Å². The molecule has 20 heavy (non-hydrogen) atoms. The standard InChI is InChI=1S/C16H22O4/c1-5-16(6-2)14(17)10-15(16)20-13-8-11(18-3)7-12(9-13)19-4/h7-9,15H,5-6,10H2,1-4H3. The zero-order chi connectivity index (χ0) is 14.8. The van der Waals surface area contributed by atoms with Crippen molar-refractivity contribution in [2.45, 2.75) is 39.2 Å². The van der Waals surface area contributed by atoms with Crippen molar-refractivity contribution in [2.24, 2.45) is 5.41 Å². The van der Waals surface area contributed by atoms with E-state index in [-0.39, 0.29) is 11.5 Å². The van der Waals surface area contributed by atoms with Gasteiger partial charge in [0.15, 0.2) is 0 Å². The lowest BCUT2D eigenvalue weighted by atomic mass is 9.61. The first kappa shape index (κ1) is 14.7. The predicted octanol–water partition coefficient (Wildman–Crippen LogP) is 3.23. The van der Waals surface area contributed by atoms with Gasteiger partial charge in [-0.15, -0.1) is 0 Å². The van der Waals surface area contributed by atoms with Crippen LogP contribution in [0.1, 0.15) is 33.1 Å². The lowest BCUT2D eigenvalue weighted by molar-refractivity contribution is -0.153. The number of methoxy groups -OCH3 is 2. The SMILES string of the molecule is CCC1(CC)C(=O)CC1Oc1cc(OC)cc(OC)c1. The van der Waals surface area contributed by atoms with Crippen molar-refractivity contribution in [3.8, 4) is 17.2 Å². The van der Waals surface area contributed by atoms with Gasteiger partial charge < -0.3 is 14.2 Å². The van der Waals surface area contributed by atoms with Crippen LogP contribution in [0.15, 0.2) is 18.2 Å². The fourth-order valence-electron chi connectivity index (χ4n) is 2.88. The van der Waals surface area contributed by atoms with Gasteiger partial charge in [0.25, 0.3) is 0 Å².